The van der Waals surface area contributed by atoms with Crippen LogP contribution >= 0.6 is 0 Å². The molecule has 0 spiro atoms. The van der Waals surface area contributed by atoms with Crippen molar-refractivity contribution in [1.82, 2.24) is 19.9 Å². The average molecular weight is 485 g/mol. The van der Waals surface area contributed by atoms with Gasteiger partial charge in [0.25, 0.3) is 0 Å². The Hall–Kier alpha value is -3.71. The molecule has 0 bridgehead atoms. The third-order valence-corrected chi connectivity index (χ3v) is 7.21. The van der Waals surface area contributed by atoms with Crippen molar-refractivity contribution < 1.29 is 14.6 Å². The number of carboxylic acids is 1. The zero-order valence-electron chi connectivity index (χ0n) is 21.2. The number of hydrogen-bond donors (Lipinski definition) is 1. The van der Waals surface area contributed by atoms with Crippen molar-refractivity contribution in [2.45, 2.75) is 52.3 Å². The Morgan fingerprint density at radius 3 is 2.78 bits per heavy atom. The zero-order valence-corrected chi connectivity index (χ0v) is 21.2. The maximum Gasteiger partial charge on any atom is 0.304 e. The highest BCUT2D eigenvalue weighted by atomic mass is 16.5. The van der Waals surface area contributed by atoms with Gasteiger partial charge in [-0.05, 0) is 60.7 Å². The Morgan fingerprint density at radius 2 is 1.97 bits per heavy atom. The first-order chi connectivity index (χ1) is 17.3. The summed E-state index contributed by atoms with van der Waals surface area (Å²) in [5.41, 5.74) is 8.29. The molecule has 1 aromatic heterocycles. The van der Waals surface area contributed by atoms with Gasteiger partial charge in [-0.1, -0.05) is 47.7 Å². The monoisotopic (exact) mass is 484 g/mol. The van der Waals surface area contributed by atoms with E-state index >= 15 is 0 Å². The molecule has 0 amide bonds. The fraction of sp³-hybridized carbons (Fsp3) is 0.345. The number of aliphatic carboxylic acids is 1. The number of fused-ring (bicyclic) bond motifs is 2. The second-order valence-electron chi connectivity index (χ2n) is 9.90. The van der Waals surface area contributed by atoms with E-state index in [1.54, 1.807) is 4.68 Å². The van der Waals surface area contributed by atoms with Gasteiger partial charge >= 0.3 is 5.97 Å². The molecular formula is C29H32N4O3. The Morgan fingerprint density at radius 1 is 1.17 bits per heavy atom. The van der Waals surface area contributed by atoms with Crippen LogP contribution in [0.2, 0.25) is 0 Å². The number of carboxylic acid groups (broad SMARTS) is 1. The molecule has 1 unspecified atom stereocenters. The van der Waals surface area contributed by atoms with Gasteiger partial charge in [0.1, 0.15) is 17.4 Å². The van der Waals surface area contributed by atoms with E-state index in [4.69, 9.17) is 4.74 Å². The average Bonchev–Trinajstić information content (AvgIpc) is 3.13. The van der Waals surface area contributed by atoms with Crippen LogP contribution in [-0.2, 0) is 24.9 Å². The van der Waals surface area contributed by atoms with Gasteiger partial charge in [0.15, 0.2) is 0 Å². The van der Waals surface area contributed by atoms with Gasteiger partial charge in [0.05, 0.1) is 11.9 Å². The van der Waals surface area contributed by atoms with Crippen LogP contribution in [0.15, 0.2) is 54.6 Å². The van der Waals surface area contributed by atoms with E-state index < -0.39 is 5.97 Å². The van der Waals surface area contributed by atoms with Crippen LogP contribution < -0.4 is 4.74 Å². The Labute approximate surface area is 211 Å². The highest BCUT2D eigenvalue weighted by Crippen LogP contribution is 2.35. The number of aromatic nitrogens is 3. The molecule has 3 aromatic carbocycles. The molecule has 0 saturated heterocycles. The summed E-state index contributed by atoms with van der Waals surface area (Å²) in [6.07, 6.45) is 0.0927. The van der Waals surface area contributed by atoms with E-state index in [1.165, 1.54) is 16.7 Å². The fourth-order valence-electron chi connectivity index (χ4n) is 5.32. The molecule has 2 heterocycles. The Bertz CT molecular complexity index is 1430. The molecule has 0 fully saturated rings. The molecule has 186 valence electrons. The second-order valence-corrected chi connectivity index (χ2v) is 9.90. The van der Waals surface area contributed by atoms with Crippen LogP contribution in [0.4, 0.5) is 0 Å². The van der Waals surface area contributed by atoms with E-state index in [9.17, 15) is 9.90 Å². The minimum Gasteiger partial charge on any atom is -0.489 e. The van der Waals surface area contributed by atoms with E-state index in [1.807, 2.05) is 38.2 Å². The summed E-state index contributed by atoms with van der Waals surface area (Å²) < 4.78 is 7.89. The fourth-order valence-corrected chi connectivity index (χ4v) is 5.32. The number of aryl methyl sites for hydroxylation is 3. The van der Waals surface area contributed by atoms with Gasteiger partial charge in [-0.3, -0.25) is 9.69 Å². The van der Waals surface area contributed by atoms with Gasteiger partial charge in [-0.15, -0.1) is 5.10 Å². The highest BCUT2D eigenvalue weighted by Gasteiger charge is 2.24. The number of carbonyl (C=O) groups is 1. The first kappa shape index (κ1) is 24.0. The molecule has 1 aliphatic heterocycles. The lowest BCUT2D eigenvalue weighted by Crippen LogP contribution is -2.30. The van der Waals surface area contributed by atoms with Crippen molar-refractivity contribution in [2.75, 3.05) is 6.54 Å². The van der Waals surface area contributed by atoms with E-state index in [-0.39, 0.29) is 18.4 Å². The summed E-state index contributed by atoms with van der Waals surface area (Å²) in [6, 6.07) is 18.6. The van der Waals surface area contributed by atoms with Crippen molar-refractivity contribution in [3.63, 3.8) is 0 Å². The van der Waals surface area contributed by atoms with E-state index in [0.29, 0.717) is 0 Å². The lowest BCUT2D eigenvalue weighted by atomic mass is 9.84. The van der Waals surface area contributed by atoms with Crippen LogP contribution in [0.25, 0.3) is 11.0 Å². The molecular weight excluding hydrogens is 452 g/mol. The third kappa shape index (κ3) is 4.71. The largest absolute Gasteiger partial charge is 0.489 e. The highest BCUT2D eigenvalue weighted by molar-refractivity contribution is 5.80. The minimum absolute atomic E-state index is 0.0110. The number of ether oxygens (including phenoxy) is 1. The molecule has 4 aromatic rings. The van der Waals surface area contributed by atoms with E-state index in [2.05, 4.69) is 59.4 Å². The lowest BCUT2D eigenvalue weighted by molar-refractivity contribution is -0.137. The standard InChI is InChI=1S/C29H32N4O3/c1-18-9-10-21(13-23(18)17-33-15-19(2)36-27-8-6-5-7-22(27)16-33)25(14-28(34)35)24-11-12-26-29(20(24)3)30-31-32(26)4/h5-13,19,25H,14-17H2,1-4H3,(H,34,35)/t19-,25?/m1/s1. The van der Waals surface area contributed by atoms with Gasteiger partial charge in [0.2, 0.25) is 0 Å². The number of benzene rings is 3. The summed E-state index contributed by atoms with van der Waals surface area (Å²) in [6.45, 7) is 8.63. The predicted molar refractivity (Wildman–Crippen MR) is 139 cm³/mol. The van der Waals surface area contributed by atoms with Gasteiger partial charge < -0.3 is 9.84 Å². The molecule has 0 aliphatic carbocycles. The predicted octanol–water partition coefficient (Wildman–Crippen LogP) is 4.97. The van der Waals surface area contributed by atoms with Crippen molar-refractivity contribution >= 4 is 17.0 Å². The van der Waals surface area contributed by atoms with Gasteiger partial charge in [-0.2, -0.15) is 0 Å². The molecule has 0 radical (unpaired) electrons. The smallest absolute Gasteiger partial charge is 0.304 e. The van der Waals surface area contributed by atoms with Crippen molar-refractivity contribution in [1.29, 1.82) is 0 Å². The first-order valence-electron chi connectivity index (χ1n) is 12.4. The third-order valence-electron chi connectivity index (χ3n) is 7.21. The number of nitrogens with zero attached hydrogens (tertiary/aromatic N) is 4. The summed E-state index contributed by atoms with van der Waals surface area (Å²) in [4.78, 5) is 14.3. The lowest BCUT2D eigenvalue weighted by Gasteiger charge is -2.24. The van der Waals surface area contributed by atoms with E-state index in [0.717, 1.165) is 53.1 Å². The zero-order chi connectivity index (χ0) is 25.4. The Balaban J connectivity index is 1.50. The number of rotatable bonds is 6. The molecule has 1 N–H and O–H groups in total. The summed E-state index contributed by atoms with van der Waals surface area (Å²) in [5.74, 6) is -0.148. The summed E-state index contributed by atoms with van der Waals surface area (Å²) >= 11 is 0. The Kier molecular flexibility index (Phi) is 6.49. The first-order valence-corrected chi connectivity index (χ1v) is 12.4. The molecule has 0 saturated carbocycles. The van der Waals surface area contributed by atoms with Crippen molar-refractivity contribution in [2.24, 2.45) is 7.05 Å². The molecule has 2 atom stereocenters. The number of para-hydroxylation sites is 1. The van der Waals surface area contributed by atoms with Crippen molar-refractivity contribution in [3.05, 3.63) is 88.0 Å². The quantitative estimate of drug-likeness (QED) is 0.416. The minimum atomic E-state index is -0.823. The maximum atomic E-state index is 11.9. The van der Waals surface area contributed by atoms with Crippen LogP contribution in [-0.4, -0.2) is 43.6 Å². The molecule has 5 rings (SSSR count). The summed E-state index contributed by atoms with van der Waals surface area (Å²) in [5, 5.41) is 18.3. The van der Waals surface area contributed by atoms with Gasteiger partial charge in [0, 0.05) is 38.2 Å². The molecule has 7 nitrogen and oxygen atoms in total. The van der Waals surface area contributed by atoms with Crippen LogP contribution in [0, 0.1) is 13.8 Å². The SMILES string of the molecule is Cc1ccc(C(CC(=O)O)c2ccc3c(nnn3C)c2C)cc1CN1Cc2ccccc2O[C@H](C)C1. The summed E-state index contributed by atoms with van der Waals surface area (Å²) in [7, 11) is 1.86. The van der Waals surface area contributed by atoms with Crippen molar-refractivity contribution in [3.8, 4) is 5.75 Å². The van der Waals surface area contributed by atoms with Gasteiger partial charge in [-0.25, -0.2) is 4.68 Å². The maximum absolute atomic E-state index is 11.9. The topological polar surface area (TPSA) is 80.5 Å². The number of hydrogen-bond acceptors (Lipinski definition) is 5. The van der Waals surface area contributed by atoms with Crippen LogP contribution in [0.1, 0.15) is 52.6 Å². The van der Waals surface area contributed by atoms with Crippen LogP contribution in [0.5, 0.6) is 5.75 Å². The normalized spacial score (nSPS) is 16.8. The molecule has 1 aliphatic rings. The second kappa shape index (κ2) is 9.74. The molecule has 36 heavy (non-hydrogen) atoms. The van der Waals surface area contributed by atoms with Crippen LogP contribution in [0.3, 0.4) is 0 Å². The molecule has 7 heteroatoms.